The van der Waals surface area contributed by atoms with Crippen molar-refractivity contribution in [3.8, 4) is 11.5 Å². The lowest BCUT2D eigenvalue weighted by molar-refractivity contribution is -0.153. The van der Waals surface area contributed by atoms with E-state index in [1.807, 2.05) is 24.0 Å². The molecule has 1 aliphatic rings. The van der Waals surface area contributed by atoms with Crippen LogP contribution in [0.25, 0.3) is 10.9 Å². The van der Waals surface area contributed by atoms with Gasteiger partial charge in [-0.05, 0) is 75.0 Å². The van der Waals surface area contributed by atoms with Crippen LogP contribution in [0.3, 0.4) is 0 Å². The zero-order chi connectivity index (χ0) is 27.4. The van der Waals surface area contributed by atoms with Crippen LogP contribution < -0.4 is 9.47 Å². The van der Waals surface area contributed by atoms with Gasteiger partial charge >= 0.3 is 5.97 Å². The largest absolute Gasteiger partial charge is 0.497 e. The number of piperidine rings is 1. The maximum Gasteiger partial charge on any atom is 0.309 e. The molecule has 1 fully saturated rings. The monoisotopic (exact) mass is 532 g/mol. The third-order valence-corrected chi connectivity index (χ3v) is 7.45. The molecule has 2 heterocycles. The molecule has 0 bridgehead atoms. The van der Waals surface area contributed by atoms with Gasteiger partial charge in [0.25, 0.3) is 0 Å². The van der Waals surface area contributed by atoms with Crippen LogP contribution in [0.5, 0.6) is 11.5 Å². The average molecular weight is 533 g/mol. The summed E-state index contributed by atoms with van der Waals surface area (Å²) in [6.45, 7) is 3.38. The fourth-order valence-electron chi connectivity index (χ4n) is 5.10. The number of aryl methyl sites for hydroxylation is 1. The normalized spacial score (nSPS) is 16.4. The molecule has 0 amide bonds. The zero-order valence-electron chi connectivity index (χ0n) is 21.3. The Morgan fingerprint density at radius 2 is 1.82 bits per heavy atom. The fraction of sp³-hybridized carbons (Fsp3) is 0.429. The summed E-state index contributed by atoms with van der Waals surface area (Å²) in [5, 5.41) is 22.0. The zero-order valence-corrected chi connectivity index (χ0v) is 21.3. The Labute approximate surface area is 218 Å². The minimum absolute atomic E-state index is 0.108. The maximum atomic E-state index is 13.4. The molecule has 2 aromatic carbocycles. The molecule has 204 valence electrons. The standard InChI is InChI=1S/C28H31F3N2O5/c1-17-16-32-23-4-3-18(37-2)13-20(23)25(17)24(34)5-6-28(27(35)36)7-9-33(10-8-28)11-12-38-19-14-21(29)26(31)22(30)15-19/h3-4,13-16,24,34H,5-12H2,1-2H3,(H,35,36)/t24-/m1/s1. The number of carbonyl (C=O) groups is 1. The summed E-state index contributed by atoms with van der Waals surface area (Å²) in [5.74, 6) is -4.54. The molecule has 7 nitrogen and oxygen atoms in total. The van der Waals surface area contributed by atoms with Gasteiger partial charge < -0.3 is 19.7 Å². The third kappa shape index (κ3) is 5.86. The summed E-state index contributed by atoms with van der Waals surface area (Å²) in [5.41, 5.74) is 1.28. The fourth-order valence-corrected chi connectivity index (χ4v) is 5.10. The van der Waals surface area contributed by atoms with E-state index in [9.17, 15) is 28.2 Å². The Bertz CT molecular complexity index is 1290. The Kier molecular flexibility index (Phi) is 8.42. The van der Waals surface area contributed by atoms with E-state index in [2.05, 4.69) is 4.98 Å². The molecule has 3 aromatic rings. The van der Waals surface area contributed by atoms with E-state index in [1.165, 1.54) is 0 Å². The number of fused-ring (bicyclic) bond motifs is 1. The highest BCUT2D eigenvalue weighted by atomic mass is 19.2. The van der Waals surface area contributed by atoms with Crippen molar-refractivity contribution in [1.29, 1.82) is 0 Å². The van der Waals surface area contributed by atoms with E-state index in [0.29, 0.717) is 44.6 Å². The molecule has 38 heavy (non-hydrogen) atoms. The lowest BCUT2D eigenvalue weighted by Crippen LogP contribution is -2.45. The van der Waals surface area contributed by atoms with Gasteiger partial charge in [0.2, 0.25) is 0 Å². The number of hydrogen-bond acceptors (Lipinski definition) is 6. The number of carboxylic acid groups (broad SMARTS) is 1. The van der Waals surface area contributed by atoms with Crippen LogP contribution in [0.4, 0.5) is 13.2 Å². The van der Waals surface area contributed by atoms with Crippen LogP contribution in [0.1, 0.15) is 42.9 Å². The Morgan fingerprint density at radius 1 is 1.13 bits per heavy atom. The van der Waals surface area contributed by atoms with Gasteiger partial charge in [-0.15, -0.1) is 0 Å². The predicted octanol–water partition coefficient (Wildman–Crippen LogP) is 5.03. The number of aliphatic hydroxyl groups is 1. The van der Waals surface area contributed by atoms with Crippen molar-refractivity contribution in [3.63, 3.8) is 0 Å². The summed E-state index contributed by atoms with van der Waals surface area (Å²) < 4.78 is 50.5. The smallest absolute Gasteiger partial charge is 0.309 e. The highest BCUT2D eigenvalue weighted by Crippen LogP contribution is 2.40. The maximum absolute atomic E-state index is 13.4. The van der Waals surface area contributed by atoms with Crippen LogP contribution in [0.2, 0.25) is 0 Å². The van der Waals surface area contributed by atoms with E-state index in [1.54, 1.807) is 19.4 Å². The molecule has 4 rings (SSSR count). The second-order valence-corrected chi connectivity index (χ2v) is 9.77. The number of nitrogens with zero attached hydrogens (tertiary/aromatic N) is 2. The summed E-state index contributed by atoms with van der Waals surface area (Å²) in [6.07, 6.45) is 2.18. The van der Waals surface area contributed by atoms with Gasteiger partial charge in [-0.3, -0.25) is 14.7 Å². The number of halogens is 3. The Balaban J connectivity index is 1.36. The van der Waals surface area contributed by atoms with Gasteiger partial charge in [-0.1, -0.05) is 0 Å². The number of likely N-dealkylation sites (tertiary alicyclic amines) is 1. The first-order chi connectivity index (χ1) is 18.1. The van der Waals surface area contributed by atoms with Gasteiger partial charge in [-0.2, -0.15) is 0 Å². The van der Waals surface area contributed by atoms with Crippen LogP contribution in [-0.4, -0.2) is 59.4 Å². The Morgan fingerprint density at radius 3 is 2.45 bits per heavy atom. The molecule has 1 atom stereocenters. The lowest BCUT2D eigenvalue weighted by atomic mass is 9.74. The summed E-state index contributed by atoms with van der Waals surface area (Å²) in [4.78, 5) is 18.8. The van der Waals surface area contributed by atoms with Crippen molar-refractivity contribution in [2.45, 2.75) is 38.7 Å². The molecule has 1 aromatic heterocycles. The van der Waals surface area contributed by atoms with Gasteiger partial charge in [0.05, 0.1) is 24.1 Å². The van der Waals surface area contributed by atoms with Gasteiger partial charge in [0.15, 0.2) is 17.5 Å². The van der Waals surface area contributed by atoms with Crippen molar-refractivity contribution in [1.82, 2.24) is 9.88 Å². The summed E-state index contributed by atoms with van der Waals surface area (Å²) in [6, 6.07) is 7.04. The SMILES string of the molecule is COc1ccc2ncc(C)c([C@H](O)CCC3(C(=O)O)CCN(CCOc4cc(F)c(F)c(F)c4)CC3)c2c1. The van der Waals surface area contributed by atoms with E-state index in [-0.39, 0.29) is 18.8 Å². The minimum Gasteiger partial charge on any atom is -0.497 e. The average Bonchev–Trinajstić information content (AvgIpc) is 2.90. The number of carboxylic acids is 1. The number of aliphatic carboxylic acids is 1. The van der Waals surface area contributed by atoms with Crippen molar-refractivity contribution in [3.05, 3.63) is 65.1 Å². The number of benzene rings is 2. The first kappa shape index (κ1) is 27.7. The van der Waals surface area contributed by atoms with E-state index >= 15 is 0 Å². The number of ether oxygens (including phenoxy) is 2. The third-order valence-electron chi connectivity index (χ3n) is 7.45. The molecule has 0 aliphatic carbocycles. The molecular weight excluding hydrogens is 501 g/mol. The van der Waals surface area contributed by atoms with E-state index in [4.69, 9.17) is 9.47 Å². The first-order valence-electron chi connectivity index (χ1n) is 12.5. The van der Waals surface area contributed by atoms with Gasteiger partial charge in [0.1, 0.15) is 18.1 Å². The number of rotatable bonds is 10. The van der Waals surface area contributed by atoms with Gasteiger partial charge in [-0.25, -0.2) is 13.2 Å². The number of aliphatic hydroxyl groups excluding tert-OH is 1. The number of aromatic nitrogens is 1. The van der Waals surface area contributed by atoms with Crippen molar-refractivity contribution in [2.75, 3.05) is 33.4 Å². The molecule has 0 unspecified atom stereocenters. The Hall–Kier alpha value is -3.37. The first-order valence-corrected chi connectivity index (χ1v) is 12.5. The van der Waals surface area contributed by atoms with Crippen LogP contribution in [-0.2, 0) is 4.79 Å². The molecule has 10 heteroatoms. The van der Waals surface area contributed by atoms with Crippen molar-refractivity contribution < 1.29 is 37.7 Å². The minimum atomic E-state index is -1.55. The highest BCUT2D eigenvalue weighted by Gasteiger charge is 2.41. The molecular formula is C28H31F3N2O5. The quantitative estimate of drug-likeness (QED) is 0.354. The van der Waals surface area contributed by atoms with E-state index in [0.717, 1.165) is 34.2 Å². The van der Waals surface area contributed by atoms with Crippen LogP contribution in [0.15, 0.2) is 36.5 Å². The van der Waals surface area contributed by atoms with Gasteiger partial charge in [0, 0.05) is 30.3 Å². The molecule has 0 spiro atoms. The lowest BCUT2D eigenvalue weighted by Gasteiger charge is -2.39. The number of pyridine rings is 1. The summed E-state index contributed by atoms with van der Waals surface area (Å²) in [7, 11) is 1.57. The molecule has 0 radical (unpaired) electrons. The highest BCUT2D eigenvalue weighted by molar-refractivity contribution is 5.85. The predicted molar refractivity (Wildman–Crippen MR) is 135 cm³/mol. The molecule has 1 saturated heterocycles. The number of hydrogen-bond donors (Lipinski definition) is 2. The van der Waals surface area contributed by atoms with Crippen molar-refractivity contribution in [2.24, 2.45) is 5.41 Å². The number of methoxy groups -OCH3 is 1. The van der Waals surface area contributed by atoms with Crippen molar-refractivity contribution >= 4 is 16.9 Å². The molecule has 1 aliphatic heterocycles. The van der Waals surface area contributed by atoms with Crippen LogP contribution in [0, 0.1) is 29.8 Å². The van der Waals surface area contributed by atoms with E-state index < -0.39 is 34.9 Å². The topological polar surface area (TPSA) is 92.1 Å². The second-order valence-electron chi connectivity index (χ2n) is 9.77. The molecule has 0 saturated carbocycles. The molecule has 2 N–H and O–H groups in total. The summed E-state index contributed by atoms with van der Waals surface area (Å²) >= 11 is 0. The van der Waals surface area contributed by atoms with Crippen LogP contribution >= 0.6 is 0 Å². The second kappa shape index (κ2) is 11.6.